The van der Waals surface area contributed by atoms with E-state index in [9.17, 15) is 18.0 Å². The van der Waals surface area contributed by atoms with Crippen molar-refractivity contribution in [3.05, 3.63) is 59.7 Å². The normalized spacial score (nSPS) is 19.4. The molecule has 1 aliphatic carbocycles. The summed E-state index contributed by atoms with van der Waals surface area (Å²) in [7, 11) is 1.63. The number of alkyl halides is 3. The van der Waals surface area contributed by atoms with E-state index < -0.39 is 17.6 Å². The van der Waals surface area contributed by atoms with Crippen molar-refractivity contribution in [2.75, 3.05) is 19.0 Å². The molecule has 0 saturated heterocycles. The number of carbonyl (C=O) groups is 1. The molecule has 1 saturated carbocycles. The fourth-order valence-electron chi connectivity index (χ4n) is 3.59. The maximum Gasteiger partial charge on any atom is 0.416 e. The van der Waals surface area contributed by atoms with E-state index >= 15 is 0 Å². The zero-order valence-electron chi connectivity index (χ0n) is 16.3. The van der Waals surface area contributed by atoms with Crippen LogP contribution in [-0.2, 0) is 6.18 Å². The fraction of sp³-hybridized carbons (Fsp3) is 0.409. The van der Waals surface area contributed by atoms with Gasteiger partial charge in [0.15, 0.2) is 0 Å². The molecule has 0 spiro atoms. The molecule has 156 valence electrons. The molecule has 4 nitrogen and oxygen atoms in total. The molecule has 0 heterocycles. The van der Waals surface area contributed by atoms with E-state index in [1.165, 1.54) is 12.1 Å². The van der Waals surface area contributed by atoms with Crippen LogP contribution in [0.2, 0.25) is 0 Å². The molecule has 0 aromatic heterocycles. The number of benzene rings is 2. The van der Waals surface area contributed by atoms with Crippen molar-refractivity contribution < 1.29 is 22.7 Å². The van der Waals surface area contributed by atoms with E-state index in [4.69, 9.17) is 4.74 Å². The molecule has 2 aromatic rings. The predicted octanol–water partition coefficient (Wildman–Crippen LogP) is 5.11. The van der Waals surface area contributed by atoms with E-state index in [0.29, 0.717) is 5.92 Å². The van der Waals surface area contributed by atoms with Gasteiger partial charge in [-0.2, -0.15) is 13.2 Å². The lowest BCUT2D eigenvalue weighted by Gasteiger charge is -2.29. The van der Waals surface area contributed by atoms with Gasteiger partial charge in [-0.3, -0.25) is 4.79 Å². The molecule has 29 heavy (non-hydrogen) atoms. The number of hydrogen-bond acceptors (Lipinski definition) is 3. The summed E-state index contributed by atoms with van der Waals surface area (Å²) in [6.45, 7) is 0.848. The number of methoxy groups -OCH3 is 1. The molecule has 2 aromatic carbocycles. The number of ether oxygens (including phenoxy) is 1. The van der Waals surface area contributed by atoms with Crippen LogP contribution < -0.4 is 15.4 Å². The lowest BCUT2D eigenvalue weighted by molar-refractivity contribution is -0.137. The molecular formula is C22H25F3N2O2. The van der Waals surface area contributed by atoms with Gasteiger partial charge in [0.1, 0.15) is 5.75 Å². The summed E-state index contributed by atoms with van der Waals surface area (Å²) in [6.07, 6.45) is -0.905. The summed E-state index contributed by atoms with van der Waals surface area (Å²) in [5.41, 5.74) is 0.271. The number of carbonyl (C=O) groups excluding carboxylic acids is 1. The summed E-state index contributed by atoms with van der Waals surface area (Å²) in [6, 6.07) is 12.3. The van der Waals surface area contributed by atoms with Crippen molar-refractivity contribution in [2.24, 2.45) is 5.92 Å². The smallest absolute Gasteiger partial charge is 0.416 e. The average molecular weight is 406 g/mol. The highest BCUT2D eigenvalue weighted by Gasteiger charge is 2.31. The minimum Gasteiger partial charge on any atom is -0.497 e. The van der Waals surface area contributed by atoms with Gasteiger partial charge in [0.05, 0.1) is 12.7 Å². The van der Waals surface area contributed by atoms with Crippen LogP contribution in [0.15, 0.2) is 48.5 Å². The van der Waals surface area contributed by atoms with Crippen LogP contribution in [0.25, 0.3) is 0 Å². The van der Waals surface area contributed by atoms with Crippen LogP contribution in [0, 0.1) is 5.92 Å². The zero-order chi connectivity index (χ0) is 20.9. The number of hydrogen-bond donors (Lipinski definition) is 2. The number of anilines is 1. The van der Waals surface area contributed by atoms with Crippen LogP contribution in [-0.4, -0.2) is 25.6 Å². The van der Waals surface area contributed by atoms with Crippen LogP contribution in [0.4, 0.5) is 18.9 Å². The Morgan fingerprint density at radius 2 is 1.76 bits per heavy atom. The third-order valence-electron chi connectivity index (χ3n) is 5.32. The molecule has 1 fully saturated rings. The molecule has 2 N–H and O–H groups in total. The molecule has 3 rings (SSSR count). The Morgan fingerprint density at radius 1 is 1.07 bits per heavy atom. The largest absolute Gasteiger partial charge is 0.497 e. The number of halogens is 3. The van der Waals surface area contributed by atoms with Crippen molar-refractivity contribution in [1.29, 1.82) is 0 Å². The van der Waals surface area contributed by atoms with Gasteiger partial charge >= 0.3 is 6.18 Å². The fourth-order valence-corrected chi connectivity index (χ4v) is 3.59. The Balaban J connectivity index is 1.45. The minimum absolute atomic E-state index is 0.00530. The second-order valence-electron chi connectivity index (χ2n) is 7.38. The van der Waals surface area contributed by atoms with Crippen LogP contribution in [0.1, 0.15) is 41.6 Å². The third kappa shape index (κ3) is 5.89. The quantitative estimate of drug-likeness (QED) is 0.701. The van der Waals surface area contributed by atoms with E-state index in [0.717, 1.165) is 55.8 Å². The molecule has 1 aliphatic rings. The van der Waals surface area contributed by atoms with Crippen molar-refractivity contribution in [2.45, 2.75) is 37.9 Å². The van der Waals surface area contributed by atoms with E-state index in [-0.39, 0.29) is 11.6 Å². The van der Waals surface area contributed by atoms with Gasteiger partial charge in [0.25, 0.3) is 5.91 Å². The maximum atomic E-state index is 12.8. The first-order valence-electron chi connectivity index (χ1n) is 9.71. The Hall–Kier alpha value is -2.70. The first-order valence-corrected chi connectivity index (χ1v) is 9.71. The van der Waals surface area contributed by atoms with Crippen molar-refractivity contribution in [3.63, 3.8) is 0 Å². The maximum absolute atomic E-state index is 12.8. The molecule has 0 bridgehead atoms. The van der Waals surface area contributed by atoms with Crippen molar-refractivity contribution in [3.8, 4) is 5.75 Å². The zero-order valence-corrected chi connectivity index (χ0v) is 16.3. The van der Waals surface area contributed by atoms with Crippen LogP contribution >= 0.6 is 0 Å². The predicted molar refractivity (Wildman–Crippen MR) is 106 cm³/mol. The van der Waals surface area contributed by atoms with Crippen LogP contribution in [0.5, 0.6) is 5.75 Å². The van der Waals surface area contributed by atoms with Crippen molar-refractivity contribution >= 4 is 11.6 Å². The van der Waals surface area contributed by atoms with Gasteiger partial charge in [-0.15, -0.1) is 0 Å². The minimum atomic E-state index is -4.45. The SMILES string of the molecule is COc1ccc(NC[C@H]2CC[C@H](NC(=O)c3cccc(C(F)(F)F)c3)CC2)cc1. The van der Waals surface area contributed by atoms with E-state index in [1.54, 1.807) is 7.11 Å². The summed E-state index contributed by atoms with van der Waals surface area (Å²) < 4.78 is 43.6. The first-order chi connectivity index (χ1) is 13.8. The lowest BCUT2D eigenvalue weighted by Crippen LogP contribution is -2.38. The molecule has 0 unspecified atom stereocenters. The van der Waals surface area contributed by atoms with Gasteiger partial charge in [0, 0.05) is 23.8 Å². The van der Waals surface area contributed by atoms with Gasteiger partial charge in [-0.05, 0) is 74.1 Å². The first kappa shape index (κ1) is 21.0. The summed E-state index contributed by atoms with van der Waals surface area (Å²) >= 11 is 0. The standard InChI is InChI=1S/C22H25F3N2O2/c1-29-20-11-9-18(10-12-20)26-14-15-5-7-19(8-6-15)27-21(28)16-3-2-4-17(13-16)22(23,24)25/h2-4,9-13,15,19,26H,5-8,14H2,1H3,(H,27,28)/t15-,19-. The van der Waals surface area contributed by atoms with Gasteiger partial charge in [-0.1, -0.05) is 6.07 Å². The Morgan fingerprint density at radius 3 is 2.38 bits per heavy atom. The Bertz CT molecular complexity index is 814. The molecular weight excluding hydrogens is 381 g/mol. The van der Waals surface area contributed by atoms with Crippen molar-refractivity contribution in [1.82, 2.24) is 5.32 Å². The summed E-state index contributed by atoms with van der Waals surface area (Å²) in [5.74, 6) is 0.863. The van der Waals surface area contributed by atoms with Crippen LogP contribution in [0.3, 0.4) is 0 Å². The second kappa shape index (κ2) is 9.20. The van der Waals surface area contributed by atoms with Gasteiger partial charge < -0.3 is 15.4 Å². The Labute approximate surface area is 168 Å². The lowest BCUT2D eigenvalue weighted by atomic mass is 9.86. The molecule has 0 atom stereocenters. The number of nitrogens with one attached hydrogen (secondary N) is 2. The average Bonchev–Trinajstić information content (AvgIpc) is 2.73. The molecule has 7 heteroatoms. The highest BCUT2D eigenvalue weighted by molar-refractivity contribution is 5.94. The Kier molecular flexibility index (Phi) is 6.67. The highest BCUT2D eigenvalue weighted by atomic mass is 19.4. The number of amides is 1. The summed E-state index contributed by atoms with van der Waals surface area (Å²) in [4.78, 5) is 12.3. The topological polar surface area (TPSA) is 50.4 Å². The van der Waals surface area contributed by atoms with E-state index in [2.05, 4.69) is 10.6 Å². The van der Waals surface area contributed by atoms with Gasteiger partial charge in [-0.25, -0.2) is 0 Å². The summed E-state index contributed by atoms with van der Waals surface area (Å²) in [5, 5.41) is 6.30. The number of rotatable bonds is 6. The molecule has 1 amide bonds. The third-order valence-corrected chi connectivity index (χ3v) is 5.32. The second-order valence-corrected chi connectivity index (χ2v) is 7.38. The van der Waals surface area contributed by atoms with Gasteiger partial charge in [0.2, 0.25) is 0 Å². The monoisotopic (exact) mass is 406 g/mol. The molecule has 0 aliphatic heterocycles. The van der Waals surface area contributed by atoms with E-state index in [1.807, 2.05) is 24.3 Å². The molecule has 0 radical (unpaired) electrons. The highest BCUT2D eigenvalue weighted by Crippen LogP contribution is 2.30.